The molecule has 1 rings (SSSR count). The lowest BCUT2D eigenvalue weighted by molar-refractivity contribution is -0.0167. The minimum atomic E-state index is -2.78. The molecule has 12 heavy (non-hydrogen) atoms. The summed E-state index contributed by atoms with van der Waals surface area (Å²) in [6.45, 7) is -0.791. The van der Waals surface area contributed by atoms with Crippen LogP contribution >= 0.6 is 0 Å². The second kappa shape index (κ2) is 3.57. The first kappa shape index (κ1) is 9.05. The summed E-state index contributed by atoms with van der Waals surface area (Å²) in [5, 5.41) is 9.28. The first-order chi connectivity index (χ1) is 5.64. The quantitative estimate of drug-likeness (QED) is 0.709. The van der Waals surface area contributed by atoms with Crippen LogP contribution in [0.15, 0.2) is 12.4 Å². The Bertz CT molecular complexity index is 221. The number of hydrogen-bond acceptors (Lipinski definition) is 3. The van der Waals surface area contributed by atoms with E-state index in [-0.39, 0.29) is 6.54 Å². The van der Waals surface area contributed by atoms with Crippen molar-refractivity contribution in [3.8, 4) is 0 Å². The second-order valence-corrected chi connectivity index (χ2v) is 2.49. The van der Waals surface area contributed by atoms with E-state index < -0.39 is 12.5 Å². The number of hydrogen-bond donors (Lipinski definition) is 1. The Morgan fingerprint density at radius 1 is 1.58 bits per heavy atom. The summed E-state index contributed by atoms with van der Waals surface area (Å²) in [5.41, 5.74) is 0. The van der Waals surface area contributed by atoms with Crippen LogP contribution in [-0.2, 0) is 6.54 Å². The summed E-state index contributed by atoms with van der Waals surface area (Å²) in [5.74, 6) is -2.78. The molecule has 1 N–H and O–H groups in total. The number of halogens is 2. The molecule has 1 heterocycles. The van der Waals surface area contributed by atoms with E-state index in [4.69, 9.17) is 0 Å². The molecule has 0 saturated carbocycles. The van der Waals surface area contributed by atoms with Gasteiger partial charge in [-0.2, -0.15) is 0 Å². The van der Waals surface area contributed by atoms with Crippen LogP contribution < -0.4 is 5.32 Å². The minimum Gasteiger partial charge on any atom is -0.314 e. The SMILES string of the molecule is CNCC(F)(F)Cn1ccnn1. The Balaban J connectivity index is 2.50. The second-order valence-electron chi connectivity index (χ2n) is 2.49. The molecule has 0 spiro atoms. The largest absolute Gasteiger partial charge is 0.314 e. The van der Waals surface area contributed by atoms with Gasteiger partial charge < -0.3 is 5.32 Å². The number of alkyl halides is 2. The monoisotopic (exact) mass is 176 g/mol. The van der Waals surface area contributed by atoms with Gasteiger partial charge >= 0.3 is 0 Å². The Morgan fingerprint density at radius 2 is 2.33 bits per heavy atom. The van der Waals surface area contributed by atoms with Gasteiger partial charge in [0.25, 0.3) is 5.92 Å². The van der Waals surface area contributed by atoms with Gasteiger partial charge in [0.2, 0.25) is 0 Å². The summed E-state index contributed by atoms with van der Waals surface area (Å²) in [6.07, 6.45) is 2.78. The lowest BCUT2D eigenvalue weighted by atomic mass is 10.3. The maximum atomic E-state index is 12.8. The van der Waals surface area contributed by atoms with Crippen molar-refractivity contribution in [2.24, 2.45) is 0 Å². The molecule has 0 saturated heterocycles. The van der Waals surface area contributed by atoms with Crippen LogP contribution in [0.3, 0.4) is 0 Å². The van der Waals surface area contributed by atoms with Crippen molar-refractivity contribution < 1.29 is 8.78 Å². The Kier molecular flexibility index (Phi) is 2.69. The topological polar surface area (TPSA) is 42.7 Å². The van der Waals surface area contributed by atoms with E-state index in [2.05, 4.69) is 15.6 Å². The van der Waals surface area contributed by atoms with E-state index in [1.54, 1.807) is 0 Å². The van der Waals surface area contributed by atoms with Gasteiger partial charge in [-0.3, -0.25) is 0 Å². The third-order valence-electron chi connectivity index (χ3n) is 1.30. The van der Waals surface area contributed by atoms with Crippen molar-refractivity contribution in [1.29, 1.82) is 0 Å². The van der Waals surface area contributed by atoms with Crippen LogP contribution in [0.1, 0.15) is 0 Å². The van der Waals surface area contributed by atoms with Crippen molar-refractivity contribution in [2.75, 3.05) is 13.6 Å². The molecule has 0 aliphatic carbocycles. The zero-order chi connectivity index (χ0) is 9.03. The maximum absolute atomic E-state index is 12.8. The fourth-order valence-electron chi connectivity index (χ4n) is 0.869. The summed E-state index contributed by atoms with van der Waals surface area (Å²) >= 11 is 0. The molecule has 6 heteroatoms. The van der Waals surface area contributed by atoms with Crippen molar-refractivity contribution >= 4 is 0 Å². The molecule has 1 aromatic heterocycles. The van der Waals surface area contributed by atoms with E-state index in [9.17, 15) is 8.78 Å². The fourth-order valence-corrected chi connectivity index (χ4v) is 0.869. The molecule has 0 aliphatic heterocycles. The molecule has 0 radical (unpaired) electrons. The highest BCUT2D eigenvalue weighted by Crippen LogP contribution is 2.13. The molecule has 4 nitrogen and oxygen atoms in total. The number of rotatable bonds is 4. The number of aromatic nitrogens is 3. The molecule has 0 aromatic carbocycles. The maximum Gasteiger partial charge on any atom is 0.279 e. The van der Waals surface area contributed by atoms with Crippen molar-refractivity contribution in [1.82, 2.24) is 20.3 Å². The van der Waals surface area contributed by atoms with Crippen LogP contribution in [0, 0.1) is 0 Å². The molecule has 0 unspecified atom stereocenters. The molecule has 0 atom stereocenters. The Labute approximate surface area is 68.6 Å². The molecular weight excluding hydrogens is 166 g/mol. The summed E-state index contributed by atoms with van der Waals surface area (Å²) in [6, 6.07) is 0. The molecular formula is C6H10F2N4. The smallest absolute Gasteiger partial charge is 0.279 e. The standard InChI is InChI=1S/C6H10F2N4/c1-9-4-6(7,8)5-12-3-2-10-11-12/h2-3,9H,4-5H2,1H3. The van der Waals surface area contributed by atoms with Crippen molar-refractivity contribution in [2.45, 2.75) is 12.5 Å². The van der Waals surface area contributed by atoms with Crippen molar-refractivity contribution in [3.05, 3.63) is 12.4 Å². The summed E-state index contributed by atoms with van der Waals surface area (Å²) in [4.78, 5) is 0. The van der Waals surface area contributed by atoms with Gasteiger partial charge in [-0.1, -0.05) is 5.21 Å². The van der Waals surface area contributed by atoms with Crippen molar-refractivity contribution in [3.63, 3.8) is 0 Å². The Hall–Kier alpha value is -1.04. The van der Waals surface area contributed by atoms with Crippen LogP contribution in [-0.4, -0.2) is 34.5 Å². The molecule has 0 aliphatic rings. The molecule has 68 valence electrons. The predicted octanol–water partition coefficient (Wildman–Crippen LogP) is 0.133. The van der Waals surface area contributed by atoms with Gasteiger partial charge in [0.1, 0.15) is 6.54 Å². The van der Waals surface area contributed by atoms with Crippen LogP contribution in [0.5, 0.6) is 0 Å². The van der Waals surface area contributed by atoms with E-state index in [0.717, 1.165) is 4.68 Å². The third kappa shape index (κ3) is 2.54. The summed E-state index contributed by atoms with van der Waals surface area (Å²) < 4.78 is 26.8. The van der Waals surface area contributed by atoms with E-state index in [0.29, 0.717) is 0 Å². The minimum absolute atomic E-state index is 0.354. The van der Waals surface area contributed by atoms with E-state index >= 15 is 0 Å². The fraction of sp³-hybridized carbons (Fsp3) is 0.667. The summed E-state index contributed by atoms with van der Waals surface area (Å²) in [7, 11) is 1.48. The third-order valence-corrected chi connectivity index (χ3v) is 1.30. The lowest BCUT2D eigenvalue weighted by Crippen LogP contribution is -2.35. The van der Waals surface area contributed by atoms with Gasteiger partial charge in [-0.25, -0.2) is 13.5 Å². The highest BCUT2D eigenvalue weighted by molar-refractivity contribution is 4.72. The van der Waals surface area contributed by atoms with Gasteiger partial charge in [0.05, 0.1) is 12.7 Å². The molecule has 0 bridgehead atoms. The Morgan fingerprint density at radius 3 is 2.83 bits per heavy atom. The number of nitrogens with zero attached hydrogens (tertiary/aromatic N) is 3. The van der Waals surface area contributed by atoms with Gasteiger partial charge in [0.15, 0.2) is 0 Å². The van der Waals surface area contributed by atoms with Crippen LogP contribution in [0.4, 0.5) is 8.78 Å². The molecule has 1 aromatic rings. The van der Waals surface area contributed by atoms with Crippen LogP contribution in [0.2, 0.25) is 0 Å². The predicted molar refractivity (Wildman–Crippen MR) is 38.9 cm³/mol. The van der Waals surface area contributed by atoms with E-state index in [1.807, 2.05) is 0 Å². The average Bonchev–Trinajstić information content (AvgIpc) is 2.38. The van der Waals surface area contributed by atoms with Crippen LogP contribution in [0.25, 0.3) is 0 Å². The van der Waals surface area contributed by atoms with Gasteiger partial charge in [-0.05, 0) is 7.05 Å². The highest BCUT2D eigenvalue weighted by Gasteiger charge is 2.28. The van der Waals surface area contributed by atoms with E-state index in [1.165, 1.54) is 19.4 Å². The zero-order valence-corrected chi connectivity index (χ0v) is 6.67. The van der Waals surface area contributed by atoms with Gasteiger partial charge in [0, 0.05) is 6.20 Å². The molecule has 0 amide bonds. The first-order valence-corrected chi connectivity index (χ1v) is 3.50. The average molecular weight is 176 g/mol. The lowest BCUT2D eigenvalue weighted by Gasteiger charge is -2.14. The zero-order valence-electron chi connectivity index (χ0n) is 6.67. The molecule has 0 fully saturated rings. The number of nitrogens with one attached hydrogen (secondary N) is 1. The normalized spacial score (nSPS) is 11.9. The first-order valence-electron chi connectivity index (χ1n) is 3.50. The highest BCUT2D eigenvalue weighted by atomic mass is 19.3. The van der Waals surface area contributed by atoms with Gasteiger partial charge in [-0.15, -0.1) is 5.10 Å².